The molecule has 2 N–H and O–H groups in total. The summed E-state index contributed by atoms with van der Waals surface area (Å²) in [6.45, 7) is 6.93. The Bertz CT molecular complexity index is 414. The van der Waals surface area contributed by atoms with Crippen molar-refractivity contribution >= 4 is 5.69 Å². The number of methoxy groups -OCH3 is 1. The maximum absolute atomic E-state index is 5.96. The quantitative estimate of drug-likeness (QED) is 0.835. The number of benzene rings is 1. The van der Waals surface area contributed by atoms with Gasteiger partial charge in [-0.25, -0.2) is 0 Å². The highest BCUT2D eigenvalue weighted by Crippen LogP contribution is 2.23. The number of piperazine rings is 1. The van der Waals surface area contributed by atoms with Crippen LogP contribution in [0.5, 0.6) is 5.75 Å². The first-order valence-electron chi connectivity index (χ1n) is 6.95. The van der Waals surface area contributed by atoms with Gasteiger partial charge in [-0.3, -0.25) is 4.90 Å². The molecule has 1 aliphatic heterocycles. The van der Waals surface area contributed by atoms with Crippen molar-refractivity contribution in [2.45, 2.75) is 19.4 Å². The number of hydrogen-bond acceptors (Lipinski definition) is 4. The van der Waals surface area contributed by atoms with E-state index in [0.717, 1.165) is 44.0 Å². The van der Waals surface area contributed by atoms with E-state index in [1.807, 2.05) is 12.1 Å². The highest BCUT2D eigenvalue weighted by Gasteiger charge is 2.19. The fraction of sp³-hybridized carbons (Fsp3) is 0.600. The summed E-state index contributed by atoms with van der Waals surface area (Å²) >= 11 is 0. The molecule has 1 aromatic carbocycles. The molecule has 1 unspecified atom stereocenters. The van der Waals surface area contributed by atoms with Gasteiger partial charge in [0.1, 0.15) is 5.75 Å². The first kappa shape index (κ1) is 14.2. The zero-order chi connectivity index (χ0) is 13.8. The van der Waals surface area contributed by atoms with Crippen LogP contribution in [-0.4, -0.2) is 56.2 Å². The molecule has 4 heteroatoms. The summed E-state index contributed by atoms with van der Waals surface area (Å²) in [5.74, 6) is 0.760. The van der Waals surface area contributed by atoms with Gasteiger partial charge in [0.05, 0.1) is 12.8 Å². The molecule has 4 nitrogen and oxygen atoms in total. The molecular formula is C15H25N3O. The summed E-state index contributed by atoms with van der Waals surface area (Å²) < 4.78 is 5.19. The predicted octanol–water partition coefficient (Wildman–Crippen LogP) is 1.46. The monoisotopic (exact) mass is 263 g/mol. The summed E-state index contributed by atoms with van der Waals surface area (Å²) in [5.41, 5.74) is 7.97. The molecule has 1 heterocycles. The van der Waals surface area contributed by atoms with Gasteiger partial charge in [-0.15, -0.1) is 0 Å². The molecule has 0 amide bonds. The minimum Gasteiger partial charge on any atom is -0.495 e. The van der Waals surface area contributed by atoms with Crippen LogP contribution in [-0.2, 0) is 6.42 Å². The number of nitrogen functional groups attached to an aromatic ring is 1. The van der Waals surface area contributed by atoms with Crippen LogP contribution in [0.25, 0.3) is 0 Å². The van der Waals surface area contributed by atoms with E-state index in [-0.39, 0.29) is 0 Å². The molecule has 0 radical (unpaired) electrons. The third-order valence-corrected chi connectivity index (χ3v) is 3.99. The zero-order valence-corrected chi connectivity index (χ0v) is 12.2. The van der Waals surface area contributed by atoms with E-state index in [1.54, 1.807) is 7.11 Å². The Labute approximate surface area is 116 Å². The van der Waals surface area contributed by atoms with Gasteiger partial charge >= 0.3 is 0 Å². The molecule has 1 aliphatic rings. The summed E-state index contributed by atoms with van der Waals surface area (Å²) in [6, 6.07) is 6.66. The lowest BCUT2D eigenvalue weighted by molar-refractivity contribution is 0.118. The van der Waals surface area contributed by atoms with Gasteiger partial charge in [-0.2, -0.15) is 0 Å². The van der Waals surface area contributed by atoms with Crippen LogP contribution in [0.1, 0.15) is 12.5 Å². The normalized spacial score (nSPS) is 19.3. The van der Waals surface area contributed by atoms with Crippen molar-refractivity contribution in [1.29, 1.82) is 0 Å². The minimum absolute atomic E-state index is 0.557. The Hall–Kier alpha value is -1.26. The average molecular weight is 263 g/mol. The van der Waals surface area contributed by atoms with Gasteiger partial charge in [0, 0.05) is 32.2 Å². The van der Waals surface area contributed by atoms with Crippen molar-refractivity contribution in [3.63, 3.8) is 0 Å². The van der Waals surface area contributed by atoms with Gasteiger partial charge in [0.15, 0.2) is 0 Å². The highest BCUT2D eigenvalue weighted by atomic mass is 16.5. The maximum atomic E-state index is 5.96. The Morgan fingerprint density at radius 3 is 2.53 bits per heavy atom. The third-order valence-electron chi connectivity index (χ3n) is 3.99. The van der Waals surface area contributed by atoms with E-state index in [0.29, 0.717) is 6.04 Å². The lowest BCUT2D eigenvalue weighted by Gasteiger charge is -2.36. The lowest BCUT2D eigenvalue weighted by atomic mass is 10.0. The van der Waals surface area contributed by atoms with E-state index in [4.69, 9.17) is 10.5 Å². The van der Waals surface area contributed by atoms with Gasteiger partial charge in [-0.05, 0) is 38.1 Å². The largest absolute Gasteiger partial charge is 0.495 e. The molecule has 0 aromatic heterocycles. The molecule has 0 bridgehead atoms. The third kappa shape index (κ3) is 3.61. The summed E-state index contributed by atoms with van der Waals surface area (Å²) in [5, 5.41) is 0. The van der Waals surface area contributed by atoms with Gasteiger partial charge in [0.2, 0.25) is 0 Å². The second-order valence-corrected chi connectivity index (χ2v) is 5.47. The van der Waals surface area contributed by atoms with Crippen LogP contribution in [0.15, 0.2) is 18.2 Å². The number of anilines is 1. The number of ether oxygens (including phenoxy) is 1. The summed E-state index contributed by atoms with van der Waals surface area (Å²) in [6.07, 6.45) is 1.04. The fourth-order valence-corrected chi connectivity index (χ4v) is 2.64. The van der Waals surface area contributed by atoms with Crippen molar-refractivity contribution in [2.75, 3.05) is 46.1 Å². The summed E-state index contributed by atoms with van der Waals surface area (Å²) in [4.78, 5) is 4.94. The van der Waals surface area contributed by atoms with Gasteiger partial charge in [0.25, 0.3) is 0 Å². The Morgan fingerprint density at radius 2 is 1.95 bits per heavy atom. The van der Waals surface area contributed by atoms with Crippen molar-refractivity contribution in [1.82, 2.24) is 9.80 Å². The number of rotatable bonds is 4. The molecule has 1 aromatic rings. The second kappa shape index (κ2) is 6.26. The van der Waals surface area contributed by atoms with Crippen LogP contribution in [0.3, 0.4) is 0 Å². The number of likely N-dealkylation sites (N-methyl/N-ethyl adjacent to an activating group) is 1. The van der Waals surface area contributed by atoms with Crippen molar-refractivity contribution < 1.29 is 4.74 Å². The van der Waals surface area contributed by atoms with Crippen LogP contribution >= 0.6 is 0 Å². The van der Waals surface area contributed by atoms with Gasteiger partial charge < -0.3 is 15.4 Å². The minimum atomic E-state index is 0.557. The Balaban J connectivity index is 1.95. The second-order valence-electron chi connectivity index (χ2n) is 5.47. The van der Waals surface area contributed by atoms with Crippen LogP contribution in [0, 0.1) is 0 Å². The van der Waals surface area contributed by atoms with Crippen LogP contribution < -0.4 is 10.5 Å². The molecular weight excluding hydrogens is 238 g/mol. The SMILES string of the molecule is COc1ccc(CC(C)N2CCN(C)CC2)cc1N. The smallest absolute Gasteiger partial charge is 0.141 e. The van der Waals surface area contributed by atoms with Crippen molar-refractivity contribution in [3.05, 3.63) is 23.8 Å². The first-order valence-corrected chi connectivity index (χ1v) is 6.95. The number of hydrogen-bond donors (Lipinski definition) is 1. The molecule has 19 heavy (non-hydrogen) atoms. The van der Waals surface area contributed by atoms with E-state index in [1.165, 1.54) is 5.56 Å². The Kier molecular flexibility index (Phi) is 4.66. The zero-order valence-electron chi connectivity index (χ0n) is 12.2. The standard InChI is InChI=1S/C15H25N3O/c1-12(18-8-6-17(2)7-9-18)10-13-4-5-15(19-3)14(16)11-13/h4-5,11-12H,6-10,16H2,1-3H3. The van der Waals surface area contributed by atoms with Crippen molar-refractivity contribution in [2.24, 2.45) is 0 Å². The molecule has 1 fully saturated rings. The van der Waals surface area contributed by atoms with E-state index < -0.39 is 0 Å². The van der Waals surface area contributed by atoms with Crippen molar-refractivity contribution in [3.8, 4) is 5.75 Å². The highest BCUT2D eigenvalue weighted by molar-refractivity contribution is 5.54. The first-order chi connectivity index (χ1) is 9.10. The van der Waals surface area contributed by atoms with Crippen LogP contribution in [0.4, 0.5) is 5.69 Å². The molecule has 106 valence electrons. The van der Waals surface area contributed by atoms with E-state index >= 15 is 0 Å². The number of nitrogens with two attached hydrogens (primary N) is 1. The molecule has 2 rings (SSSR count). The lowest BCUT2D eigenvalue weighted by Crippen LogP contribution is -2.48. The number of nitrogens with zero attached hydrogens (tertiary/aromatic N) is 2. The molecule has 0 aliphatic carbocycles. The topological polar surface area (TPSA) is 41.7 Å². The molecule has 0 saturated carbocycles. The van der Waals surface area contributed by atoms with Crippen LogP contribution in [0.2, 0.25) is 0 Å². The fourth-order valence-electron chi connectivity index (χ4n) is 2.64. The average Bonchev–Trinajstić information content (AvgIpc) is 2.39. The molecule has 1 saturated heterocycles. The molecule has 0 spiro atoms. The predicted molar refractivity (Wildman–Crippen MR) is 79.6 cm³/mol. The van der Waals surface area contributed by atoms with E-state index in [9.17, 15) is 0 Å². The Morgan fingerprint density at radius 1 is 1.26 bits per heavy atom. The molecule has 1 atom stereocenters. The van der Waals surface area contributed by atoms with E-state index in [2.05, 4.69) is 29.8 Å². The van der Waals surface area contributed by atoms with Gasteiger partial charge in [-0.1, -0.05) is 6.07 Å². The maximum Gasteiger partial charge on any atom is 0.141 e. The summed E-state index contributed by atoms with van der Waals surface area (Å²) in [7, 11) is 3.84.